The van der Waals surface area contributed by atoms with E-state index in [0.717, 1.165) is 5.69 Å². The first kappa shape index (κ1) is 14.6. The number of methoxy groups -OCH3 is 1. The van der Waals surface area contributed by atoms with Crippen LogP contribution < -0.4 is 5.73 Å². The van der Waals surface area contributed by atoms with Gasteiger partial charge in [-0.2, -0.15) is 5.10 Å². The molecule has 1 heterocycles. The molecule has 0 radical (unpaired) electrons. The fraction of sp³-hybridized carbons (Fsp3) is 0.286. The highest BCUT2D eigenvalue weighted by Gasteiger charge is 2.23. The summed E-state index contributed by atoms with van der Waals surface area (Å²) < 4.78 is 6.27. The van der Waals surface area contributed by atoms with E-state index in [1.165, 1.54) is 11.8 Å². The Labute approximate surface area is 122 Å². The number of rotatable bonds is 4. The van der Waals surface area contributed by atoms with Gasteiger partial charge in [-0.05, 0) is 25.5 Å². The Morgan fingerprint density at radius 1 is 1.45 bits per heavy atom. The molecule has 2 aromatic rings. The quantitative estimate of drug-likeness (QED) is 0.877. The van der Waals surface area contributed by atoms with Gasteiger partial charge in [0, 0.05) is 11.6 Å². The molecule has 0 aliphatic heterocycles. The number of para-hydroxylation sites is 1. The second-order valence-electron chi connectivity index (χ2n) is 4.54. The van der Waals surface area contributed by atoms with Crippen molar-refractivity contribution in [2.24, 2.45) is 5.73 Å². The largest absolute Gasteiger partial charge is 0.464 e. The normalized spacial score (nSPS) is 12.2. The van der Waals surface area contributed by atoms with E-state index in [0.29, 0.717) is 17.1 Å². The van der Waals surface area contributed by atoms with Gasteiger partial charge in [-0.15, -0.1) is 0 Å². The van der Waals surface area contributed by atoms with Crippen LogP contribution in [0, 0.1) is 0 Å². The summed E-state index contributed by atoms with van der Waals surface area (Å²) in [7, 11) is 1.31. The number of aromatic nitrogens is 2. The van der Waals surface area contributed by atoms with Gasteiger partial charge in [-0.3, -0.25) is 0 Å². The first-order chi connectivity index (χ1) is 9.54. The molecule has 0 aliphatic carbocycles. The zero-order chi connectivity index (χ0) is 14.7. The van der Waals surface area contributed by atoms with Gasteiger partial charge in [0.15, 0.2) is 5.69 Å². The molecule has 0 fully saturated rings. The molecule has 0 saturated heterocycles. The van der Waals surface area contributed by atoms with E-state index in [4.69, 9.17) is 22.1 Å². The number of nitrogens with two attached hydrogens (primary N) is 1. The highest BCUT2D eigenvalue weighted by molar-refractivity contribution is 6.31. The number of halogens is 1. The molecule has 106 valence electrons. The molecule has 1 aromatic heterocycles. The van der Waals surface area contributed by atoms with E-state index in [1.807, 2.05) is 37.3 Å². The summed E-state index contributed by atoms with van der Waals surface area (Å²) in [5, 5.41) is 4.64. The third-order valence-corrected chi connectivity index (χ3v) is 3.21. The molecule has 0 amide bonds. The third kappa shape index (κ3) is 2.84. The monoisotopic (exact) mass is 293 g/mol. The highest BCUT2D eigenvalue weighted by atomic mass is 35.5. The van der Waals surface area contributed by atoms with Crippen molar-refractivity contribution >= 4 is 17.6 Å². The Morgan fingerprint density at radius 3 is 2.65 bits per heavy atom. The smallest absolute Gasteiger partial charge is 0.358 e. The van der Waals surface area contributed by atoms with Crippen molar-refractivity contribution in [2.45, 2.75) is 19.4 Å². The zero-order valence-electron chi connectivity index (χ0n) is 11.3. The van der Waals surface area contributed by atoms with Crippen molar-refractivity contribution in [1.29, 1.82) is 0 Å². The van der Waals surface area contributed by atoms with Crippen molar-refractivity contribution in [1.82, 2.24) is 9.78 Å². The van der Waals surface area contributed by atoms with Gasteiger partial charge in [0.05, 0.1) is 12.8 Å². The number of hydrogen-bond donors (Lipinski definition) is 1. The van der Waals surface area contributed by atoms with Crippen LogP contribution >= 0.6 is 11.6 Å². The molecule has 2 N–H and O–H groups in total. The third-order valence-electron chi connectivity index (χ3n) is 2.83. The van der Waals surface area contributed by atoms with Crippen LogP contribution in [0.15, 0.2) is 30.3 Å². The fourth-order valence-electron chi connectivity index (χ4n) is 1.93. The molecule has 6 heteroatoms. The van der Waals surface area contributed by atoms with Crippen molar-refractivity contribution in [3.8, 4) is 5.69 Å². The Kier molecular flexibility index (Phi) is 4.42. The Bertz CT molecular complexity index is 608. The van der Waals surface area contributed by atoms with Crippen LogP contribution in [-0.2, 0) is 11.2 Å². The lowest BCUT2D eigenvalue weighted by atomic mass is 10.1. The lowest BCUT2D eigenvalue weighted by Gasteiger charge is -2.05. The van der Waals surface area contributed by atoms with E-state index in [9.17, 15) is 4.79 Å². The molecule has 1 unspecified atom stereocenters. The van der Waals surface area contributed by atoms with E-state index >= 15 is 0 Å². The summed E-state index contributed by atoms with van der Waals surface area (Å²) in [5.74, 6) is -0.516. The number of esters is 1. The molecule has 1 atom stereocenters. The van der Waals surface area contributed by atoms with E-state index in [2.05, 4.69) is 5.10 Å². The summed E-state index contributed by atoms with van der Waals surface area (Å²) in [6.07, 6.45) is 0.454. The number of nitrogens with zero attached hydrogens (tertiary/aromatic N) is 2. The number of benzene rings is 1. The maximum atomic E-state index is 11.8. The number of carbonyl (C=O) groups excluding carboxylic acids is 1. The van der Waals surface area contributed by atoms with Crippen LogP contribution in [0.3, 0.4) is 0 Å². The minimum atomic E-state index is -0.516. The van der Waals surface area contributed by atoms with Crippen molar-refractivity contribution in [3.05, 3.63) is 46.7 Å². The molecule has 0 spiro atoms. The van der Waals surface area contributed by atoms with Crippen molar-refractivity contribution in [3.63, 3.8) is 0 Å². The van der Waals surface area contributed by atoms with Crippen LogP contribution in [0.25, 0.3) is 5.69 Å². The van der Waals surface area contributed by atoms with Gasteiger partial charge < -0.3 is 10.5 Å². The lowest BCUT2D eigenvalue weighted by molar-refractivity contribution is 0.0592. The van der Waals surface area contributed by atoms with Gasteiger partial charge in [0.2, 0.25) is 0 Å². The summed E-state index contributed by atoms with van der Waals surface area (Å²) >= 11 is 6.35. The summed E-state index contributed by atoms with van der Waals surface area (Å²) in [5.41, 5.74) is 7.40. The predicted molar refractivity (Wildman–Crippen MR) is 77.3 cm³/mol. The summed E-state index contributed by atoms with van der Waals surface area (Å²) in [6, 6.07) is 9.22. The first-order valence-electron chi connectivity index (χ1n) is 6.21. The zero-order valence-corrected chi connectivity index (χ0v) is 12.1. The fourth-order valence-corrected chi connectivity index (χ4v) is 2.24. The molecule has 2 rings (SSSR count). The molecular weight excluding hydrogens is 278 g/mol. The van der Waals surface area contributed by atoms with Gasteiger partial charge >= 0.3 is 5.97 Å². The van der Waals surface area contributed by atoms with Crippen molar-refractivity contribution in [2.75, 3.05) is 7.11 Å². The topological polar surface area (TPSA) is 70.1 Å². The summed E-state index contributed by atoms with van der Waals surface area (Å²) in [4.78, 5) is 11.8. The van der Waals surface area contributed by atoms with Gasteiger partial charge in [0.25, 0.3) is 0 Å². The molecule has 5 nitrogen and oxygen atoms in total. The standard InChI is InChI=1S/C14H16ClN3O2/c1-9(16)8-11-12(14(19)20-2)17-18(13(11)15)10-6-4-3-5-7-10/h3-7,9H,8,16H2,1-2H3. The second-order valence-corrected chi connectivity index (χ2v) is 4.90. The molecular formula is C14H16ClN3O2. The maximum Gasteiger partial charge on any atom is 0.358 e. The molecule has 0 saturated carbocycles. The van der Waals surface area contributed by atoms with Gasteiger partial charge in [-0.1, -0.05) is 29.8 Å². The van der Waals surface area contributed by atoms with Crippen LogP contribution in [0.5, 0.6) is 0 Å². The Hall–Kier alpha value is -1.85. The summed E-state index contributed by atoms with van der Waals surface area (Å²) in [6.45, 7) is 1.84. The average Bonchev–Trinajstić information content (AvgIpc) is 2.76. The molecule has 1 aromatic carbocycles. The number of hydrogen-bond acceptors (Lipinski definition) is 4. The Balaban J connectivity index is 2.55. The molecule has 0 bridgehead atoms. The second kappa shape index (κ2) is 6.07. The van der Waals surface area contributed by atoms with Crippen molar-refractivity contribution < 1.29 is 9.53 Å². The average molecular weight is 294 g/mol. The SMILES string of the molecule is COC(=O)c1nn(-c2ccccc2)c(Cl)c1CC(C)N. The van der Waals surface area contributed by atoms with Crippen LogP contribution in [0.4, 0.5) is 0 Å². The predicted octanol–water partition coefficient (Wildman–Crippen LogP) is 2.20. The minimum Gasteiger partial charge on any atom is -0.464 e. The number of ether oxygens (including phenoxy) is 1. The number of carbonyl (C=O) groups is 1. The molecule has 20 heavy (non-hydrogen) atoms. The molecule has 0 aliphatic rings. The van der Waals surface area contributed by atoms with Gasteiger partial charge in [-0.25, -0.2) is 9.48 Å². The van der Waals surface area contributed by atoms with Crippen LogP contribution in [-0.4, -0.2) is 28.9 Å². The van der Waals surface area contributed by atoms with E-state index in [-0.39, 0.29) is 11.7 Å². The van der Waals surface area contributed by atoms with E-state index < -0.39 is 5.97 Å². The van der Waals surface area contributed by atoms with Gasteiger partial charge in [0.1, 0.15) is 5.15 Å². The van der Waals surface area contributed by atoms with E-state index in [1.54, 1.807) is 0 Å². The minimum absolute atomic E-state index is 0.135. The lowest BCUT2D eigenvalue weighted by Crippen LogP contribution is -2.19. The Morgan fingerprint density at radius 2 is 2.10 bits per heavy atom. The van der Waals surface area contributed by atoms with Crippen LogP contribution in [0.2, 0.25) is 5.15 Å². The first-order valence-corrected chi connectivity index (χ1v) is 6.59. The maximum absolute atomic E-state index is 11.8. The van der Waals surface area contributed by atoms with Crippen LogP contribution in [0.1, 0.15) is 23.0 Å². The highest BCUT2D eigenvalue weighted by Crippen LogP contribution is 2.25.